The number of amides is 2. The summed E-state index contributed by atoms with van der Waals surface area (Å²) in [6.45, 7) is 12.9. The van der Waals surface area contributed by atoms with Crippen LogP contribution in [0, 0.1) is 18.8 Å². The Morgan fingerprint density at radius 3 is 2.22 bits per heavy atom. The van der Waals surface area contributed by atoms with E-state index in [4.69, 9.17) is 0 Å². The van der Waals surface area contributed by atoms with Gasteiger partial charge in [-0.25, -0.2) is 0 Å². The van der Waals surface area contributed by atoms with Crippen molar-refractivity contribution < 1.29 is 9.59 Å². The lowest BCUT2D eigenvalue weighted by Crippen LogP contribution is -2.41. The van der Waals surface area contributed by atoms with Gasteiger partial charge in [-0.3, -0.25) is 9.59 Å². The largest absolute Gasteiger partial charge is 0.377 e. The zero-order valence-corrected chi connectivity index (χ0v) is 20.9. The molecule has 0 spiro atoms. The Morgan fingerprint density at radius 2 is 1.66 bits per heavy atom. The Kier molecular flexibility index (Phi) is 8.88. The van der Waals surface area contributed by atoms with Crippen LogP contribution in [-0.4, -0.2) is 36.9 Å². The summed E-state index contributed by atoms with van der Waals surface area (Å²) in [5.74, 6) is 0.631. The van der Waals surface area contributed by atoms with Gasteiger partial charge in [0.05, 0.1) is 0 Å². The van der Waals surface area contributed by atoms with Gasteiger partial charge in [-0.1, -0.05) is 45.4 Å². The summed E-state index contributed by atoms with van der Waals surface area (Å²) in [5.41, 5.74) is 4.56. The Bertz CT molecular complexity index is 934. The Hall–Kier alpha value is -2.82. The van der Waals surface area contributed by atoms with E-state index >= 15 is 0 Å². The molecule has 0 aromatic heterocycles. The number of nitrogens with one attached hydrogen (secondary N) is 1. The van der Waals surface area contributed by atoms with Gasteiger partial charge >= 0.3 is 0 Å². The van der Waals surface area contributed by atoms with Gasteiger partial charge in [-0.15, -0.1) is 0 Å². The molecule has 5 heteroatoms. The average molecular weight is 438 g/mol. The fourth-order valence-corrected chi connectivity index (χ4v) is 3.70. The minimum Gasteiger partial charge on any atom is -0.377 e. The van der Waals surface area contributed by atoms with Crippen molar-refractivity contribution in [1.29, 1.82) is 0 Å². The Labute approximate surface area is 193 Å². The van der Waals surface area contributed by atoms with Gasteiger partial charge in [0.15, 0.2) is 0 Å². The molecule has 0 aliphatic heterocycles. The van der Waals surface area contributed by atoms with Crippen LogP contribution in [0.1, 0.15) is 62.5 Å². The fourth-order valence-electron chi connectivity index (χ4n) is 3.70. The first-order valence-electron chi connectivity index (χ1n) is 11.5. The van der Waals surface area contributed by atoms with E-state index in [0.717, 1.165) is 22.5 Å². The van der Waals surface area contributed by atoms with Gasteiger partial charge in [0.1, 0.15) is 0 Å². The molecule has 0 bridgehead atoms. The van der Waals surface area contributed by atoms with Crippen LogP contribution in [0.15, 0.2) is 42.5 Å². The van der Waals surface area contributed by atoms with Crippen molar-refractivity contribution >= 4 is 23.2 Å². The molecular weight excluding hydrogens is 398 g/mol. The number of hydrogen-bond acceptors (Lipinski definition) is 3. The number of carbonyl (C=O) groups excluding carboxylic acids is 2. The summed E-state index contributed by atoms with van der Waals surface area (Å²) in [6, 6.07) is 13.7. The molecule has 0 saturated heterocycles. The predicted octanol–water partition coefficient (Wildman–Crippen LogP) is 5.73. The quantitative estimate of drug-likeness (QED) is 0.545. The molecule has 0 heterocycles. The van der Waals surface area contributed by atoms with Crippen LogP contribution in [0.4, 0.5) is 11.4 Å². The molecule has 0 aliphatic carbocycles. The van der Waals surface area contributed by atoms with Crippen molar-refractivity contribution in [3.05, 3.63) is 59.2 Å². The normalized spacial score (nSPS) is 12.1. The third-order valence-corrected chi connectivity index (χ3v) is 5.76. The lowest BCUT2D eigenvalue weighted by atomic mass is 10.0. The minimum atomic E-state index is 0.00629. The van der Waals surface area contributed by atoms with Crippen molar-refractivity contribution in [1.82, 2.24) is 4.90 Å². The van der Waals surface area contributed by atoms with Gasteiger partial charge in [-0.05, 0) is 61.6 Å². The fraction of sp³-hybridized carbons (Fsp3) is 0.481. The third kappa shape index (κ3) is 6.84. The molecule has 2 aromatic carbocycles. The first-order valence-corrected chi connectivity index (χ1v) is 11.5. The second-order valence-electron chi connectivity index (χ2n) is 9.67. The lowest BCUT2D eigenvalue weighted by molar-refractivity contribution is -0.116. The lowest BCUT2D eigenvalue weighted by Gasteiger charge is -2.33. The van der Waals surface area contributed by atoms with Crippen molar-refractivity contribution in [2.45, 2.75) is 60.5 Å². The molecule has 1 atom stereocenters. The van der Waals surface area contributed by atoms with E-state index in [9.17, 15) is 9.59 Å². The van der Waals surface area contributed by atoms with E-state index in [1.165, 1.54) is 0 Å². The highest BCUT2D eigenvalue weighted by molar-refractivity contribution is 5.95. The third-order valence-electron chi connectivity index (χ3n) is 5.76. The second-order valence-corrected chi connectivity index (χ2v) is 9.67. The molecule has 2 amide bonds. The number of benzene rings is 2. The molecule has 0 fully saturated rings. The van der Waals surface area contributed by atoms with Crippen LogP contribution in [0.2, 0.25) is 0 Å². The number of nitrogens with zero attached hydrogens (tertiary/aromatic N) is 2. The summed E-state index contributed by atoms with van der Waals surface area (Å²) in [5, 5.41) is 3.01. The highest BCUT2D eigenvalue weighted by atomic mass is 16.2. The van der Waals surface area contributed by atoms with E-state index in [2.05, 4.69) is 26.1 Å². The van der Waals surface area contributed by atoms with Crippen LogP contribution in [0.5, 0.6) is 0 Å². The highest BCUT2D eigenvalue weighted by Gasteiger charge is 2.25. The smallest absolute Gasteiger partial charge is 0.254 e. The van der Waals surface area contributed by atoms with E-state index in [1.807, 2.05) is 87.1 Å². The van der Waals surface area contributed by atoms with Crippen molar-refractivity contribution in [2.75, 3.05) is 24.3 Å². The average Bonchev–Trinajstić information content (AvgIpc) is 2.70. The van der Waals surface area contributed by atoms with E-state index < -0.39 is 0 Å². The van der Waals surface area contributed by atoms with Crippen LogP contribution >= 0.6 is 0 Å². The van der Waals surface area contributed by atoms with Crippen LogP contribution in [0.25, 0.3) is 0 Å². The monoisotopic (exact) mass is 437 g/mol. The van der Waals surface area contributed by atoms with Gasteiger partial charge in [-0.2, -0.15) is 0 Å². The van der Waals surface area contributed by atoms with Crippen LogP contribution < -0.4 is 10.2 Å². The molecule has 0 aliphatic rings. The maximum absolute atomic E-state index is 13.6. The van der Waals surface area contributed by atoms with Crippen LogP contribution in [0.3, 0.4) is 0 Å². The summed E-state index contributed by atoms with van der Waals surface area (Å²) < 4.78 is 0. The summed E-state index contributed by atoms with van der Waals surface area (Å²) >= 11 is 0. The molecule has 0 unspecified atom stereocenters. The predicted molar refractivity (Wildman–Crippen MR) is 134 cm³/mol. The zero-order chi connectivity index (χ0) is 24.0. The van der Waals surface area contributed by atoms with Crippen molar-refractivity contribution in [3.8, 4) is 0 Å². The molecule has 5 nitrogen and oxygen atoms in total. The number of rotatable bonds is 9. The molecule has 2 rings (SSSR count). The molecule has 1 N–H and O–H groups in total. The van der Waals surface area contributed by atoms with Gasteiger partial charge in [0, 0.05) is 50.0 Å². The molecular formula is C27H39N3O2. The molecule has 32 heavy (non-hydrogen) atoms. The van der Waals surface area contributed by atoms with E-state index in [-0.39, 0.29) is 17.9 Å². The van der Waals surface area contributed by atoms with Crippen molar-refractivity contribution in [3.63, 3.8) is 0 Å². The SMILES string of the molecule is Cc1cccc(C(=O)N(Cc2cc(NC(=O)CC(C)C)ccc2N(C)C)[C@H](C)C(C)C)c1. The first-order chi connectivity index (χ1) is 15.0. The molecule has 2 aromatic rings. The van der Waals surface area contributed by atoms with Gasteiger partial charge in [0.2, 0.25) is 5.91 Å². The number of anilines is 2. The number of carbonyl (C=O) groups is 2. The maximum Gasteiger partial charge on any atom is 0.254 e. The summed E-state index contributed by atoms with van der Waals surface area (Å²) in [6.07, 6.45) is 0.479. The Balaban J connectivity index is 2.42. The van der Waals surface area contributed by atoms with Gasteiger partial charge in [0.25, 0.3) is 5.91 Å². The minimum absolute atomic E-state index is 0.00629. The Morgan fingerprint density at radius 1 is 0.969 bits per heavy atom. The summed E-state index contributed by atoms with van der Waals surface area (Å²) in [7, 11) is 3.99. The second kappa shape index (κ2) is 11.2. The molecule has 0 saturated carbocycles. The van der Waals surface area contributed by atoms with Gasteiger partial charge < -0.3 is 15.1 Å². The highest BCUT2D eigenvalue weighted by Crippen LogP contribution is 2.27. The van der Waals surface area contributed by atoms with Crippen LogP contribution in [-0.2, 0) is 11.3 Å². The first kappa shape index (κ1) is 25.4. The standard InChI is InChI=1S/C27H39N3O2/c1-18(2)14-26(31)28-24-12-13-25(29(7)8)23(16-24)17-30(21(6)19(3)4)27(32)22-11-9-10-20(5)15-22/h9-13,15-16,18-19,21H,14,17H2,1-8H3,(H,28,31)/t21-/m1/s1. The summed E-state index contributed by atoms with van der Waals surface area (Å²) in [4.78, 5) is 29.9. The maximum atomic E-state index is 13.6. The van der Waals surface area contributed by atoms with Crippen molar-refractivity contribution in [2.24, 2.45) is 11.8 Å². The number of hydrogen-bond donors (Lipinski definition) is 1. The van der Waals surface area contributed by atoms with E-state index in [1.54, 1.807) is 0 Å². The molecule has 174 valence electrons. The topological polar surface area (TPSA) is 52.7 Å². The number of aryl methyl sites for hydroxylation is 1. The van der Waals surface area contributed by atoms with E-state index in [0.29, 0.717) is 30.4 Å². The zero-order valence-electron chi connectivity index (χ0n) is 20.9. The molecule has 0 radical (unpaired) electrons.